The van der Waals surface area contributed by atoms with Gasteiger partial charge in [-0.1, -0.05) is 0 Å². The highest BCUT2D eigenvalue weighted by Gasteiger charge is 2.19. The van der Waals surface area contributed by atoms with Crippen LogP contribution in [0.4, 0.5) is 0 Å². The van der Waals surface area contributed by atoms with E-state index in [1.807, 2.05) is 0 Å². The van der Waals surface area contributed by atoms with Crippen molar-refractivity contribution in [1.29, 1.82) is 0 Å². The summed E-state index contributed by atoms with van der Waals surface area (Å²) in [6.45, 7) is 2.92. The zero-order valence-corrected chi connectivity index (χ0v) is 8.88. The molecule has 0 radical (unpaired) electrons. The average molecular weight is 226 g/mol. The van der Waals surface area contributed by atoms with Gasteiger partial charge in [-0.25, -0.2) is 0 Å². The first-order valence-corrected chi connectivity index (χ1v) is 4.75. The van der Waals surface area contributed by atoms with E-state index in [0.717, 1.165) is 20.0 Å². The summed E-state index contributed by atoms with van der Waals surface area (Å²) < 4.78 is 1.77. The van der Waals surface area contributed by atoms with Crippen molar-refractivity contribution in [2.75, 3.05) is 13.1 Å². The molecule has 1 fully saturated rings. The van der Waals surface area contributed by atoms with Gasteiger partial charge in [-0.2, -0.15) is 5.10 Å². The highest BCUT2D eigenvalue weighted by molar-refractivity contribution is 5.92. The van der Waals surface area contributed by atoms with Crippen molar-refractivity contribution in [2.45, 2.75) is 13.0 Å². The van der Waals surface area contributed by atoms with Crippen LogP contribution >= 0.6 is 0 Å². The number of amides is 1. The number of hydrogen-bond acceptors (Lipinski definition) is 4. The molecule has 7 heteroatoms. The van der Waals surface area contributed by atoms with Gasteiger partial charge in [0.1, 0.15) is 0 Å². The van der Waals surface area contributed by atoms with E-state index in [9.17, 15) is 4.79 Å². The van der Waals surface area contributed by atoms with Crippen LogP contribution in [0.5, 0.6) is 0 Å². The first-order valence-electron chi connectivity index (χ1n) is 4.75. The van der Waals surface area contributed by atoms with Crippen LogP contribution in [0.25, 0.3) is 0 Å². The predicted molar refractivity (Wildman–Crippen MR) is 56.0 cm³/mol. The molecule has 1 aromatic rings. The topological polar surface area (TPSA) is 110 Å². The number of aliphatic carboxylic acids is 1. The number of nitrogens with two attached hydrogens (primary N) is 1. The standard InChI is InChI=1S/C7H10N4O.C2H4O2/c8-7(12)5-1-10-11(4-5)6-2-9-3-6;1-2(3)4/h1,4,6,9H,2-3H2,(H2,8,12);1H3,(H,3,4). The van der Waals surface area contributed by atoms with Gasteiger partial charge < -0.3 is 16.2 Å². The lowest BCUT2D eigenvalue weighted by Crippen LogP contribution is -2.43. The molecule has 0 unspecified atom stereocenters. The zero-order valence-electron chi connectivity index (χ0n) is 8.88. The third-order valence-electron chi connectivity index (χ3n) is 2.02. The maximum absolute atomic E-state index is 10.7. The van der Waals surface area contributed by atoms with Crippen LogP contribution < -0.4 is 11.1 Å². The van der Waals surface area contributed by atoms with E-state index in [0.29, 0.717) is 11.6 Å². The number of nitrogens with one attached hydrogen (secondary N) is 1. The Morgan fingerprint density at radius 1 is 1.62 bits per heavy atom. The van der Waals surface area contributed by atoms with Gasteiger partial charge in [0.2, 0.25) is 0 Å². The molecule has 16 heavy (non-hydrogen) atoms. The number of aromatic nitrogens is 2. The number of carboxylic acids is 1. The molecule has 1 saturated heterocycles. The summed E-state index contributed by atoms with van der Waals surface area (Å²) in [4.78, 5) is 19.7. The highest BCUT2D eigenvalue weighted by atomic mass is 16.4. The molecule has 7 nitrogen and oxygen atoms in total. The molecule has 2 heterocycles. The van der Waals surface area contributed by atoms with Crippen LogP contribution in [0.15, 0.2) is 12.4 Å². The second kappa shape index (κ2) is 5.26. The lowest BCUT2D eigenvalue weighted by molar-refractivity contribution is -0.134. The van der Waals surface area contributed by atoms with Gasteiger partial charge in [0, 0.05) is 26.2 Å². The van der Waals surface area contributed by atoms with Gasteiger partial charge in [0.15, 0.2) is 0 Å². The zero-order chi connectivity index (χ0) is 12.1. The largest absolute Gasteiger partial charge is 0.481 e. The van der Waals surface area contributed by atoms with Gasteiger partial charge in [0.05, 0.1) is 17.8 Å². The maximum Gasteiger partial charge on any atom is 0.300 e. The molecular formula is C9H14N4O3. The van der Waals surface area contributed by atoms with Crippen LogP contribution in [0.1, 0.15) is 23.3 Å². The SMILES string of the molecule is CC(=O)O.NC(=O)c1cnn(C2CNC2)c1. The van der Waals surface area contributed by atoms with Crippen molar-refractivity contribution in [3.8, 4) is 0 Å². The second-order valence-electron chi connectivity index (χ2n) is 3.40. The van der Waals surface area contributed by atoms with Crippen molar-refractivity contribution < 1.29 is 14.7 Å². The summed E-state index contributed by atoms with van der Waals surface area (Å²) >= 11 is 0. The smallest absolute Gasteiger partial charge is 0.300 e. The predicted octanol–water partition coefficient (Wildman–Crippen LogP) is -0.783. The minimum atomic E-state index is -0.833. The fraction of sp³-hybridized carbons (Fsp3) is 0.444. The van der Waals surface area contributed by atoms with Crippen molar-refractivity contribution in [3.63, 3.8) is 0 Å². The third-order valence-corrected chi connectivity index (χ3v) is 2.02. The summed E-state index contributed by atoms with van der Waals surface area (Å²) in [7, 11) is 0. The van der Waals surface area contributed by atoms with Gasteiger partial charge in [-0.05, 0) is 0 Å². The molecule has 0 bridgehead atoms. The molecule has 0 aromatic carbocycles. The minimum absolute atomic E-state index is 0.387. The molecule has 1 aliphatic heterocycles. The van der Waals surface area contributed by atoms with E-state index in [-0.39, 0.29) is 0 Å². The molecule has 1 amide bonds. The third kappa shape index (κ3) is 3.35. The van der Waals surface area contributed by atoms with E-state index in [1.165, 1.54) is 6.20 Å². The monoisotopic (exact) mass is 226 g/mol. The number of hydrogen-bond donors (Lipinski definition) is 3. The fourth-order valence-corrected chi connectivity index (χ4v) is 1.13. The van der Waals surface area contributed by atoms with Crippen molar-refractivity contribution >= 4 is 11.9 Å². The Balaban J connectivity index is 0.000000280. The second-order valence-corrected chi connectivity index (χ2v) is 3.40. The van der Waals surface area contributed by atoms with E-state index < -0.39 is 11.9 Å². The average Bonchev–Trinajstić information content (AvgIpc) is 2.48. The van der Waals surface area contributed by atoms with Crippen molar-refractivity contribution in [3.05, 3.63) is 18.0 Å². The Morgan fingerprint density at radius 2 is 2.19 bits per heavy atom. The molecule has 0 atom stereocenters. The highest BCUT2D eigenvalue weighted by Crippen LogP contribution is 2.10. The van der Waals surface area contributed by atoms with E-state index in [2.05, 4.69) is 10.4 Å². The Hall–Kier alpha value is -1.89. The summed E-state index contributed by atoms with van der Waals surface area (Å²) in [6, 6.07) is 0.387. The lowest BCUT2D eigenvalue weighted by Gasteiger charge is -2.27. The van der Waals surface area contributed by atoms with E-state index in [1.54, 1.807) is 10.9 Å². The molecule has 88 valence electrons. The normalized spacial score (nSPS) is 14.6. The van der Waals surface area contributed by atoms with Gasteiger partial charge in [-0.15, -0.1) is 0 Å². The summed E-state index contributed by atoms with van der Waals surface area (Å²) in [5.74, 6) is -1.26. The molecular weight excluding hydrogens is 212 g/mol. The summed E-state index contributed by atoms with van der Waals surface area (Å²) in [5, 5.41) is 14.6. The molecule has 2 rings (SSSR count). The van der Waals surface area contributed by atoms with Gasteiger partial charge in [-0.3, -0.25) is 14.3 Å². The molecule has 4 N–H and O–H groups in total. The molecule has 0 saturated carbocycles. The minimum Gasteiger partial charge on any atom is -0.481 e. The Bertz CT molecular complexity index is 380. The molecule has 0 aliphatic carbocycles. The summed E-state index contributed by atoms with van der Waals surface area (Å²) in [6.07, 6.45) is 3.19. The first-order chi connectivity index (χ1) is 7.50. The number of nitrogens with zero attached hydrogens (tertiary/aromatic N) is 2. The molecule has 1 aromatic heterocycles. The van der Waals surface area contributed by atoms with Gasteiger partial charge in [0.25, 0.3) is 11.9 Å². The number of carbonyl (C=O) groups excluding carboxylic acids is 1. The fourth-order valence-electron chi connectivity index (χ4n) is 1.13. The molecule has 0 spiro atoms. The van der Waals surface area contributed by atoms with E-state index in [4.69, 9.17) is 15.6 Å². The number of rotatable bonds is 2. The van der Waals surface area contributed by atoms with Crippen LogP contribution in [0.2, 0.25) is 0 Å². The quantitative estimate of drug-likeness (QED) is 0.612. The van der Waals surface area contributed by atoms with Crippen LogP contribution in [-0.2, 0) is 4.79 Å². The van der Waals surface area contributed by atoms with Gasteiger partial charge >= 0.3 is 0 Å². The molecule has 1 aliphatic rings. The Kier molecular flexibility index (Phi) is 4.01. The van der Waals surface area contributed by atoms with Crippen LogP contribution in [0, 0.1) is 0 Å². The van der Waals surface area contributed by atoms with E-state index >= 15 is 0 Å². The first kappa shape index (κ1) is 12.2. The Labute approximate surface area is 92.2 Å². The summed E-state index contributed by atoms with van der Waals surface area (Å²) in [5.41, 5.74) is 5.55. The van der Waals surface area contributed by atoms with Crippen molar-refractivity contribution in [2.24, 2.45) is 5.73 Å². The Morgan fingerprint density at radius 3 is 2.50 bits per heavy atom. The number of primary amides is 1. The lowest BCUT2D eigenvalue weighted by atomic mass is 10.2. The van der Waals surface area contributed by atoms with Crippen LogP contribution in [-0.4, -0.2) is 39.9 Å². The van der Waals surface area contributed by atoms with Crippen molar-refractivity contribution in [1.82, 2.24) is 15.1 Å². The number of carboxylic acid groups (broad SMARTS) is 1. The number of carbonyl (C=O) groups is 2. The van der Waals surface area contributed by atoms with Crippen LogP contribution in [0.3, 0.4) is 0 Å². The maximum atomic E-state index is 10.7.